The molecule has 102 valence electrons. The van der Waals surface area contributed by atoms with Crippen molar-refractivity contribution in [3.63, 3.8) is 0 Å². The molecule has 1 aliphatic rings. The topological polar surface area (TPSA) is 0 Å². The van der Waals surface area contributed by atoms with Gasteiger partial charge in [-0.05, 0) is 52.6 Å². The summed E-state index contributed by atoms with van der Waals surface area (Å²) in [5.74, 6) is 0.697. The predicted molar refractivity (Wildman–Crippen MR) is 86.0 cm³/mol. The van der Waals surface area contributed by atoms with Crippen LogP contribution in [0.4, 0.5) is 0 Å². The third-order valence-electron chi connectivity index (χ3n) is 3.87. The molecular formula is C14H19BrCl2S. The van der Waals surface area contributed by atoms with Gasteiger partial charge in [-0.2, -0.15) is 0 Å². The lowest BCUT2D eigenvalue weighted by atomic mass is 9.75. The molecule has 1 aromatic rings. The van der Waals surface area contributed by atoms with Crippen molar-refractivity contribution >= 4 is 50.5 Å². The molecular weight excluding hydrogens is 351 g/mol. The molecule has 1 saturated carbocycles. The van der Waals surface area contributed by atoms with Crippen molar-refractivity contribution in [3.05, 3.63) is 19.8 Å². The molecule has 0 saturated heterocycles. The van der Waals surface area contributed by atoms with Gasteiger partial charge in [0.15, 0.2) is 0 Å². The second-order valence-electron chi connectivity index (χ2n) is 5.80. The van der Waals surface area contributed by atoms with Gasteiger partial charge < -0.3 is 0 Å². The monoisotopic (exact) mass is 368 g/mol. The number of hydrogen-bond donors (Lipinski definition) is 0. The number of hydrogen-bond acceptors (Lipinski definition) is 1. The Bertz CT molecular complexity index is 388. The molecule has 0 N–H and O–H groups in total. The van der Waals surface area contributed by atoms with Crippen LogP contribution in [0.3, 0.4) is 0 Å². The Labute approximate surface area is 132 Å². The minimum Gasteiger partial charge on any atom is -0.130 e. The largest absolute Gasteiger partial charge is 0.130 e. The van der Waals surface area contributed by atoms with E-state index < -0.39 is 0 Å². The Morgan fingerprint density at radius 1 is 1.39 bits per heavy atom. The first kappa shape index (κ1) is 15.2. The first-order valence-electron chi connectivity index (χ1n) is 6.53. The lowest BCUT2D eigenvalue weighted by Gasteiger charge is -2.35. The van der Waals surface area contributed by atoms with Gasteiger partial charge in [-0.3, -0.25) is 0 Å². The number of rotatable bonds is 4. The van der Waals surface area contributed by atoms with Gasteiger partial charge in [-0.15, -0.1) is 22.9 Å². The fourth-order valence-corrected chi connectivity index (χ4v) is 5.61. The van der Waals surface area contributed by atoms with Crippen LogP contribution in [0.15, 0.2) is 9.85 Å². The highest BCUT2D eigenvalue weighted by molar-refractivity contribution is 9.11. The van der Waals surface area contributed by atoms with Gasteiger partial charge in [0.25, 0.3) is 0 Å². The summed E-state index contributed by atoms with van der Waals surface area (Å²) in [7, 11) is 0. The van der Waals surface area contributed by atoms with Crippen LogP contribution in [-0.4, -0.2) is 0 Å². The van der Waals surface area contributed by atoms with Gasteiger partial charge in [0, 0.05) is 4.88 Å². The summed E-state index contributed by atoms with van der Waals surface area (Å²) in [5.41, 5.74) is 0.281. The van der Waals surface area contributed by atoms with E-state index in [1.165, 1.54) is 37.0 Å². The fourth-order valence-electron chi connectivity index (χ4n) is 3.24. The first-order valence-corrected chi connectivity index (χ1v) is 8.96. The van der Waals surface area contributed by atoms with Crippen LogP contribution >= 0.6 is 50.5 Å². The molecule has 1 heterocycles. The van der Waals surface area contributed by atoms with E-state index in [1.54, 1.807) is 11.3 Å². The van der Waals surface area contributed by atoms with Gasteiger partial charge in [0.05, 0.1) is 14.2 Å². The van der Waals surface area contributed by atoms with Crippen LogP contribution in [0.25, 0.3) is 0 Å². The average molecular weight is 370 g/mol. The number of alkyl halides is 1. The molecule has 0 amide bonds. The molecule has 18 heavy (non-hydrogen) atoms. The standard InChI is InChI=1S/C14H19BrCl2S/c1-9(2)8-14(5-3-4-6-14)12(17)11-7-10(16)13(15)18-11/h7,9,12H,3-6,8H2,1-2H3. The highest BCUT2D eigenvalue weighted by Crippen LogP contribution is 2.56. The lowest BCUT2D eigenvalue weighted by Crippen LogP contribution is -2.24. The molecule has 1 unspecified atom stereocenters. The molecule has 0 aromatic carbocycles. The third kappa shape index (κ3) is 3.08. The van der Waals surface area contributed by atoms with Crippen LogP contribution in [-0.2, 0) is 0 Å². The van der Waals surface area contributed by atoms with Crippen molar-refractivity contribution in [1.82, 2.24) is 0 Å². The average Bonchev–Trinajstić information content (AvgIpc) is 2.86. The van der Waals surface area contributed by atoms with E-state index in [-0.39, 0.29) is 10.8 Å². The Balaban J connectivity index is 2.25. The van der Waals surface area contributed by atoms with Crippen molar-refractivity contribution in [2.75, 3.05) is 0 Å². The Kier molecular flexibility index (Phi) is 5.08. The third-order valence-corrected chi connectivity index (χ3v) is 7.23. The highest BCUT2D eigenvalue weighted by Gasteiger charge is 2.42. The van der Waals surface area contributed by atoms with E-state index in [4.69, 9.17) is 23.2 Å². The molecule has 2 rings (SSSR count). The molecule has 1 aliphatic carbocycles. The summed E-state index contributed by atoms with van der Waals surface area (Å²) in [5, 5.41) is 0.898. The molecule has 1 atom stereocenters. The first-order chi connectivity index (χ1) is 8.44. The van der Waals surface area contributed by atoms with E-state index in [0.717, 1.165) is 8.81 Å². The summed E-state index contributed by atoms with van der Waals surface area (Å²) in [6.07, 6.45) is 6.36. The van der Waals surface area contributed by atoms with Gasteiger partial charge in [-0.25, -0.2) is 0 Å². The summed E-state index contributed by atoms with van der Waals surface area (Å²) in [4.78, 5) is 1.22. The van der Waals surface area contributed by atoms with E-state index in [2.05, 4.69) is 29.8 Å². The Morgan fingerprint density at radius 3 is 2.44 bits per heavy atom. The minimum absolute atomic E-state index is 0.108. The van der Waals surface area contributed by atoms with Crippen LogP contribution in [0.5, 0.6) is 0 Å². The van der Waals surface area contributed by atoms with Crippen molar-refractivity contribution in [3.8, 4) is 0 Å². The zero-order valence-electron chi connectivity index (χ0n) is 10.8. The zero-order chi connectivity index (χ0) is 13.3. The minimum atomic E-state index is 0.108. The SMILES string of the molecule is CC(C)CC1(C(Cl)c2cc(Cl)c(Br)s2)CCCC1. The van der Waals surface area contributed by atoms with Gasteiger partial charge >= 0.3 is 0 Å². The maximum absolute atomic E-state index is 6.83. The van der Waals surface area contributed by atoms with Crippen LogP contribution in [0, 0.1) is 11.3 Å². The summed E-state index contributed by atoms with van der Waals surface area (Å²) in [6.45, 7) is 4.59. The maximum Gasteiger partial charge on any atom is 0.0887 e. The zero-order valence-corrected chi connectivity index (χ0v) is 14.7. The predicted octanol–water partition coefficient (Wildman–Crippen LogP) is 7.05. The highest BCUT2D eigenvalue weighted by atomic mass is 79.9. The Morgan fingerprint density at radius 2 is 2.00 bits per heavy atom. The summed E-state index contributed by atoms with van der Waals surface area (Å²) in [6, 6.07) is 2.04. The summed E-state index contributed by atoms with van der Waals surface area (Å²) >= 11 is 18.1. The second kappa shape index (κ2) is 6.03. The smallest absolute Gasteiger partial charge is 0.0887 e. The van der Waals surface area contributed by atoms with Gasteiger partial charge in [-0.1, -0.05) is 38.3 Å². The van der Waals surface area contributed by atoms with E-state index >= 15 is 0 Å². The van der Waals surface area contributed by atoms with Crippen molar-refractivity contribution in [2.45, 2.75) is 51.3 Å². The molecule has 0 radical (unpaired) electrons. The molecule has 0 nitrogen and oxygen atoms in total. The second-order valence-corrected chi connectivity index (χ2v) is 9.05. The van der Waals surface area contributed by atoms with E-state index in [0.29, 0.717) is 5.92 Å². The molecule has 1 aromatic heterocycles. The lowest BCUT2D eigenvalue weighted by molar-refractivity contribution is 0.225. The van der Waals surface area contributed by atoms with Crippen LogP contribution in [0.1, 0.15) is 56.2 Å². The van der Waals surface area contributed by atoms with Crippen molar-refractivity contribution < 1.29 is 0 Å². The van der Waals surface area contributed by atoms with Gasteiger partial charge in [0.2, 0.25) is 0 Å². The molecule has 4 heteroatoms. The fraction of sp³-hybridized carbons (Fsp3) is 0.714. The summed E-state index contributed by atoms with van der Waals surface area (Å²) < 4.78 is 1.00. The van der Waals surface area contributed by atoms with Crippen LogP contribution in [0.2, 0.25) is 5.02 Å². The molecule has 1 fully saturated rings. The van der Waals surface area contributed by atoms with Crippen molar-refractivity contribution in [2.24, 2.45) is 11.3 Å². The molecule has 0 aliphatic heterocycles. The van der Waals surface area contributed by atoms with Crippen molar-refractivity contribution in [1.29, 1.82) is 0 Å². The van der Waals surface area contributed by atoms with E-state index in [1.807, 2.05) is 6.07 Å². The Hall–Kier alpha value is 0.760. The van der Waals surface area contributed by atoms with Gasteiger partial charge in [0.1, 0.15) is 0 Å². The quantitative estimate of drug-likeness (QED) is 0.498. The number of halogens is 3. The number of thiophene rings is 1. The molecule has 0 bridgehead atoms. The van der Waals surface area contributed by atoms with Crippen LogP contribution < -0.4 is 0 Å². The normalized spacial score (nSPS) is 20.6. The maximum atomic E-state index is 6.83. The van der Waals surface area contributed by atoms with E-state index in [9.17, 15) is 0 Å². The molecule has 0 spiro atoms.